The molecule has 1 aliphatic rings. The van der Waals surface area contributed by atoms with Crippen molar-refractivity contribution in [1.82, 2.24) is 0 Å². The molecule has 0 amide bonds. The number of aryl methyl sites for hydroxylation is 1. The smallest absolute Gasteiger partial charge is 0.111 e. The zero-order valence-corrected chi connectivity index (χ0v) is 8.55. The minimum Gasteiger partial charge on any atom is -0.466 e. The molecule has 0 bridgehead atoms. The summed E-state index contributed by atoms with van der Waals surface area (Å²) in [7, 11) is 0. The maximum absolute atomic E-state index is 6.21. The molecular formula is C11H17NO. The molecule has 0 saturated heterocycles. The summed E-state index contributed by atoms with van der Waals surface area (Å²) in [5.74, 6) is 1.98. The Morgan fingerprint density at radius 2 is 2.00 bits per heavy atom. The Morgan fingerprint density at radius 1 is 1.38 bits per heavy atom. The Morgan fingerprint density at radius 3 is 2.38 bits per heavy atom. The van der Waals surface area contributed by atoms with Gasteiger partial charge in [-0.1, -0.05) is 13.8 Å². The molecule has 2 rings (SSSR count). The first-order chi connectivity index (χ1) is 5.96. The highest BCUT2D eigenvalue weighted by Crippen LogP contribution is 2.49. The van der Waals surface area contributed by atoms with Gasteiger partial charge in [-0.15, -0.1) is 0 Å². The summed E-state index contributed by atoms with van der Waals surface area (Å²) in [5.41, 5.74) is 6.15. The van der Waals surface area contributed by atoms with Gasteiger partial charge in [-0.05, 0) is 31.9 Å². The van der Waals surface area contributed by atoms with Gasteiger partial charge < -0.3 is 10.2 Å². The van der Waals surface area contributed by atoms with Gasteiger partial charge in [-0.2, -0.15) is 0 Å². The lowest BCUT2D eigenvalue weighted by molar-refractivity contribution is 0.308. The molecule has 1 fully saturated rings. The highest BCUT2D eigenvalue weighted by atomic mass is 16.3. The molecule has 1 heterocycles. The first kappa shape index (κ1) is 8.82. The van der Waals surface area contributed by atoms with Crippen LogP contribution in [0.5, 0.6) is 0 Å². The van der Waals surface area contributed by atoms with E-state index in [9.17, 15) is 0 Å². The Labute approximate surface area is 79.1 Å². The molecule has 72 valence electrons. The third kappa shape index (κ3) is 1.20. The number of hydrogen-bond acceptors (Lipinski definition) is 2. The van der Waals surface area contributed by atoms with Crippen LogP contribution in [0.15, 0.2) is 16.5 Å². The van der Waals surface area contributed by atoms with Crippen LogP contribution in [0.3, 0.4) is 0 Å². The molecule has 0 spiro atoms. The topological polar surface area (TPSA) is 39.2 Å². The Bertz CT molecular complexity index is 321. The van der Waals surface area contributed by atoms with E-state index in [4.69, 9.17) is 10.2 Å². The van der Waals surface area contributed by atoms with Crippen LogP contribution in [-0.4, -0.2) is 5.54 Å². The monoisotopic (exact) mass is 179 g/mol. The van der Waals surface area contributed by atoms with Crippen molar-refractivity contribution in [3.8, 4) is 0 Å². The van der Waals surface area contributed by atoms with Crippen LogP contribution < -0.4 is 5.73 Å². The van der Waals surface area contributed by atoms with E-state index in [1.54, 1.807) is 0 Å². The van der Waals surface area contributed by atoms with Gasteiger partial charge in [0.25, 0.3) is 0 Å². The second-order valence-electron chi connectivity index (χ2n) is 4.69. The fourth-order valence-corrected chi connectivity index (χ4v) is 1.78. The molecule has 2 heteroatoms. The second kappa shape index (κ2) is 2.38. The molecule has 2 nitrogen and oxygen atoms in total. The zero-order valence-electron chi connectivity index (χ0n) is 8.55. The molecule has 0 radical (unpaired) electrons. The molecule has 1 aliphatic carbocycles. The van der Waals surface area contributed by atoms with Crippen LogP contribution in [0.1, 0.15) is 38.2 Å². The molecular weight excluding hydrogens is 162 g/mol. The molecule has 2 N–H and O–H groups in total. The van der Waals surface area contributed by atoms with E-state index in [-0.39, 0.29) is 11.0 Å². The summed E-state index contributed by atoms with van der Waals surface area (Å²) < 4.78 is 5.63. The van der Waals surface area contributed by atoms with Crippen molar-refractivity contribution < 1.29 is 4.42 Å². The number of hydrogen-bond donors (Lipinski definition) is 1. The van der Waals surface area contributed by atoms with E-state index in [0.29, 0.717) is 0 Å². The van der Waals surface area contributed by atoms with Crippen LogP contribution in [-0.2, 0) is 5.41 Å². The average Bonchev–Trinajstić information content (AvgIpc) is 2.63. The van der Waals surface area contributed by atoms with E-state index in [1.165, 1.54) is 0 Å². The molecule has 0 unspecified atom stereocenters. The molecule has 13 heavy (non-hydrogen) atoms. The van der Waals surface area contributed by atoms with Gasteiger partial charge in [0.2, 0.25) is 0 Å². The van der Waals surface area contributed by atoms with E-state index < -0.39 is 0 Å². The first-order valence-corrected chi connectivity index (χ1v) is 4.81. The van der Waals surface area contributed by atoms with Crippen molar-refractivity contribution in [2.45, 2.75) is 44.6 Å². The van der Waals surface area contributed by atoms with Crippen LogP contribution in [0.4, 0.5) is 0 Å². The number of furan rings is 1. The molecule has 0 aliphatic heterocycles. The standard InChI is InChI=1S/C11H17NO/c1-8-4-5-9(13-8)10(2,3)11(12)6-7-11/h4-5H,6-7,12H2,1-3H3. The first-order valence-electron chi connectivity index (χ1n) is 4.81. The predicted octanol–water partition coefficient (Wildman–Crippen LogP) is 2.36. The van der Waals surface area contributed by atoms with Crippen molar-refractivity contribution >= 4 is 0 Å². The van der Waals surface area contributed by atoms with E-state index in [1.807, 2.05) is 19.1 Å². The van der Waals surface area contributed by atoms with E-state index in [0.717, 1.165) is 24.4 Å². The fraction of sp³-hybridized carbons (Fsp3) is 0.636. The zero-order chi connectivity index (χ0) is 9.69. The van der Waals surface area contributed by atoms with Crippen molar-refractivity contribution in [2.75, 3.05) is 0 Å². The third-order valence-electron chi connectivity index (χ3n) is 3.39. The minimum absolute atomic E-state index is 0.0265. The molecule has 1 saturated carbocycles. The lowest BCUT2D eigenvalue weighted by Gasteiger charge is -2.29. The van der Waals surface area contributed by atoms with Gasteiger partial charge in [-0.3, -0.25) is 0 Å². The van der Waals surface area contributed by atoms with Gasteiger partial charge in [0.1, 0.15) is 11.5 Å². The molecule has 0 aromatic carbocycles. The van der Waals surface area contributed by atoms with Crippen LogP contribution in [0.2, 0.25) is 0 Å². The highest BCUT2D eigenvalue weighted by molar-refractivity contribution is 5.26. The summed E-state index contributed by atoms with van der Waals surface area (Å²) >= 11 is 0. The van der Waals surface area contributed by atoms with E-state index in [2.05, 4.69) is 13.8 Å². The van der Waals surface area contributed by atoms with Crippen molar-refractivity contribution in [2.24, 2.45) is 5.73 Å². The van der Waals surface area contributed by atoms with Gasteiger partial charge in [-0.25, -0.2) is 0 Å². The normalized spacial score (nSPS) is 20.3. The summed E-state index contributed by atoms with van der Waals surface area (Å²) in [6, 6.07) is 4.05. The predicted molar refractivity (Wildman–Crippen MR) is 52.6 cm³/mol. The largest absolute Gasteiger partial charge is 0.466 e. The maximum Gasteiger partial charge on any atom is 0.111 e. The quantitative estimate of drug-likeness (QED) is 0.757. The van der Waals surface area contributed by atoms with Crippen LogP contribution in [0.25, 0.3) is 0 Å². The SMILES string of the molecule is Cc1ccc(C(C)(C)C2(N)CC2)o1. The average molecular weight is 179 g/mol. The summed E-state index contributed by atoms with van der Waals surface area (Å²) in [5, 5.41) is 0. The molecule has 1 aromatic heterocycles. The summed E-state index contributed by atoms with van der Waals surface area (Å²) in [6.45, 7) is 6.30. The van der Waals surface area contributed by atoms with Crippen LogP contribution in [0, 0.1) is 6.92 Å². The molecule has 0 atom stereocenters. The molecule has 1 aromatic rings. The Hall–Kier alpha value is -0.760. The minimum atomic E-state index is -0.0305. The van der Waals surface area contributed by atoms with Crippen molar-refractivity contribution in [3.63, 3.8) is 0 Å². The van der Waals surface area contributed by atoms with Gasteiger partial charge in [0, 0.05) is 11.0 Å². The lowest BCUT2D eigenvalue weighted by atomic mass is 9.80. The van der Waals surface area contributed by atoms with Gasteiger partial charge in [0.15, 0.2) is 0 Å². The van der Waals surface area contributed by atoms with Gasteiger partial charge in [0.05, 0.1) is 0 Å². The maximum atomic E-state index is 6.21. The number of rotatable bonds is 2. The fourth-order valence-electron chi connectivity index (χ4n) is 1.78. The van der Waals surface area contributed by atoms with Gasteiger partial charge >= 0.3 is 0 Å². The van der Waals surface area contributed by atoms with Crippen molar-refractivity contribution in [3.05, 3.63) is 23.7 Å². The highest BCUT2D eigenvalue weighted by Gasteiger charge is 2.53. The van der Waals surface area contributed by atoms with E-state index >= 15 is 0 Å². The number of nitrogens with two attached hydrogens (primary N) is 1. The summed E-state index contributed by atoms with van der Waals surface area (Å²) in [4.78, 5) is 0. The lowest BCUT2D eigenvalue weighted by Crippen LogP contribution is -2.43. The summed E-state index contributed by atoms with van der Waals surface area (Å²) in [6.07, 6.45) is 2.22. The Kier molecular flexibility index (Phi) is 1.62. The van der Waals surface area contributed by atoms with Crippen molar-refractivity contribution in [1.29, 1.82) is 0 Å². The Balaban J connectivity index is 2.34. The third-order valence-corrected chi connectivity index (χ3v) is 3.39. The second-order valence-corrected chi connectivity index (χ2v) is 4.69. The van der Waals surface area contributed by atoms with Crippen LogP contribution >= 0.6 is 0 Å².